The summed E-state index contributed by atoms with van der Waals surface area (Å²) in [6.07, 6.45) is 1.42. The van der Waals surface area contributed by atoms with Crippen LogP contribution < -0.4 is 10.6 Å². The molecule has 0 bridgehead atoms. The van der Waals surface area contributed by atoms with Crippen molar-refractivity contribution in [2.75, 3.05) is 37.7 Å². The molecule has 0 spiro atoms. The lowest BCUT2D eigenvalue weighted by atomic mass is 10.1. The molecule has 1 aliphatic heterocycles. The van der Waals surface area contributed by atoms with Gasteiger partial charge in [-0.3, -0.25) is 9.69 Å². The Kier molecular flexibility index (Phi) is 8.45. The maximum Gasteiger partial charge on any atom is 0.315 e. The number of carboxylic acid groups (broad SMARTS) is 1. The average Bonchev–Trinajstić information content (AvgIpc) is 2.39. The second kappa shape index (κ2) is 9.88. The predicted octanol–water partition coefficient (Wildman–Crippen LogP) is 0.978. The molecule has 116 valence electrons. The van der Waals surface area contributed by atoms with Gasteiger partial charge in [-0.25, -0.2) is 4.79 Å². The van der Waals surface area contributed by atoms with Gasteiger partial charge in [0.1, 0.15) is 0 Å². The van der Waals surface area contributed by atoms with E-state index in [4.69, 9.17) is 5.11 Å². The van der Waals surface area contributed by atoms with Crippen LogP contribution in [0, 0.1) is 0 Å². The number of hydrogen-bond donors (Lipinski definition) is 3. The van der Waals surface area contributed by atoms with Crippen LogP contribution in [0.2, 0.25) is 0 Å². The summed E-state index contributed by atoms with van der Waals surface area (Å²) >= 11 is 1.97. The Morgan fingerprint density at radius 1 is 1.35 bits per heavy atom. The van der Waals surface area contributed by atoms with Crippen molar-refractivity contribution in [1.29, 1.82) is 0 Å². The Bertz CT molecular complexity index is 309. The molecule has 0 aromatic carbocycles. The van der Waals surface area contributed by atoms with Gasteiger partial charge in [-0.2, -0.15) is 11.8 Å². The van der Waals surface area contributed by atoms with Crippen molar-refractivity contribution >= 4 is 23.8 Å². The van der Waals surface area contributed by atoms with Crippen molar-refractivity contribution in [2.45, 2.75) is 32.2 Å². The molecule has 2 amide bonds. The van der Waals surface area contributed by atoms with Crippen LogP contribution in [0.3, 0.4) is 0 Å². The minimum absolute atomic E-state index is 0.000682. The van der Waals surface area contributed by atoms with E-state index in [-0.39, 0.29) is 18.5 Å². The smallest absolute Gasteiger partial charge is 0.315 e. The quantitative estimate of drug-likeness (QED) is 0.623. The summed E-state index contributed by atoms with van der Waals surface area (Å²) in [4.78, 5) is 24.4. The van der Waals surface area contributed by atoms with Crippen LogP contribution in [-0.2, 0) is 4.79 Å². The Morgan fingerprint density at radius 2 is 2.05 bits per heavy atom. The second-order valence-electron chi connectivity index (χ2n) is 5.04. The lowest BCUT2D eigenvalue weighted by Crippen LogP contribution is -2.44. The van der Waals surface area contributed by atoms with Crippen molar-refractivity contribution in [3.05, 3.63) is 0 Å². The predicted molar refractivity (Wildman–Crippen MR) is 81.2 cm³/mol. The van der Waals surface area contributed by atoms with Crippen LogP contribution in [0.5, 0.6) is 0 Å². The molecule has 1 aliphatic rings. The van der Waals surface area contributed by atoms with Gasteiger partial charge in [0.2, 0.25) is 0 Å². The number of urea groups is 1. The number of nitrogens with zero attached hydrogens (tertiary/aromatic N) is 1. The van der Waals surface area contributed by atoms with E-state index in [0.29, 0.717) is 19.4 Å². The fourth-order valence-corrected chi connectivity index (χ4v) is 3.04. The number of carbonyl (C=O) groups excluding carboxylic acids is 1. The number of nitrogens with one attached hydrogen (secondary N) is 2. The summed E-state index contributed by atoms with van der Waals surface area (Å²) in [7, 11) is 0. The zero-order chi connectivity index (χ0) is 14.8. The molecule has 0 aliphatic carbocycles. The molecule has 0 saturated carbocycles. The molecule has 1 atom stereocenters. The molecule has 7 heteroatoms. The van der Waals surface area contributed by atoms with Gasteiger partial charge in [-0.1, -0.05) is 0 Å². The van der Waals surface area contributed by atoms with Crippen molar-refractivity contribution in [3.63, 3.8) is 0 Å². The summed E-state index contributed by atoms with van der Waals surface area (Å²) < 4.78 is 0. The third-order valence-corrected chi connectivity index (χ3v) is 4.17. The van der Waals surface area contributed by atoms with Crippen LogP contribution in [0.25, 0.3) is 0 Å². The number of thioether (sulfide) groups is 1. The van der Waals surface area contributed by atoms with E-state index < -0.39 is 5.97 Å². The molecule has 1 unspecified atom stereocenters. The summed E-state index contributed by atoms with van der Waals surface area (Å²) in [6, 6.07) is -0.167. The van der Waals surface area contributed by atoms with Crippen LogP contribution >= 0.6 is 11.8 Å². The minimum Gasteiger partial charge on any atom is -0.481 e. The maximum atomic E-state index is 11.6. The zero-order valence-electron chi connectivity index (χ0n) is 12.1. The van der Waals surface area contributed by atoms with E-state index in [1.54, 1.807) is 0 Å². The van der Waals surface area contributed by atoms with Gasteiger partial charge >= 0.3 is 12.0 Å². The molecule has 0 radical (unpaired) electrons. The first kappa shape index (κ1) is 17.1. The molecule has 1 rings (SSSR count). The summed E-state index contributed by atoms with van der Waals surface area (Å²) in [5.41, 5.74) is 0. The van der Waals surface area contributed by atoms with E-state index in [1.807, 2.05) is 18.7 Å². The summed E-state index contributed by atoms with van der Waals surface area (Å²) in [5.74, 6) is 1.56. The maximum absolute atomic E-state index is 11.6. The Labute approximate surface area is 124 Å². The topological polar surface area (TPSA) is 81.7 Å². The molecule has 1 saturated heterocycles. The third-order valence-electron chi connectivity index (χ3n) is 3.22. The highest BCUT2D eigenvalue weighted by molar-refractivity contribution is 7.99. The van der Waals surface area contributed by atoms with Gasteiger partial charge < -0.3 is 15.7 Å². The largest absolute Gasteiger partial charge is 0.481 e. The van der Waals surface area contributed by atoms with Gasteiger partial charge in [-0.15, -0.1) is 0 Å². The van der Waals surface area contributed by atoms with Crippen molar-refractivity contribution in [2.24, 2.45) is 0 Å². The van der Waals surface area contributed by atoms with Crippen LogP contribution in [0.15, 0.2) is 0 Å². The molecule has 20 heavy (non-hydrogen) atoms. The Balaban J connectivity index is 2.02. The normalized spacial score (nSPS) is 17.4. The van der Waals surface area contributed by atoms with E-state index in [1.165, 1.54) is 11.5 Å². The van der Waals surface area contributed by atoms with Gasteiger partial charge in [0, 0.05) is 50.1 Å². The van der Waals surface area contributed by atoms with Gasteiger partial charge in [0.15, 0.2) is 0 Å². The van der Waals surface area contributed by atoms with Gasteiger partial charge in [0.05, 0.1) is 0 Å². The molecular formula is C13H25N3O3S. The zero-order valence-corrected chi connectivity index (χ0v) is 12.9. The molecule has 0 aromatic rings. The number of aliphatic carboxylic acids is 1. The number of carbonyl (C=O) groups is 2. The fraction of sp³-hybridized carbons (Fsp3) is 0.846. The van der Waals surface area contributed by atoms with Crippen LogP contribution in [0.1, 0.15) is 26.2 Å². The van der Waals surface area contributed by atoms with E-state index >= 15 is 0 Å². The van der Waals surface area contributed by atoms with Crippen LogP contribution in [0.4, 0.5) is 4.79 Å². The SMILES string of the molecule is CC(CCCC(=O)O)NC(=O)NCCN1CCSCC1. The second-order valence-corrected chi connectivity index (χ2v) is 6.27. The van der Waals surface area contributed by atoms with Crippen LogP contribution in [-0.4, -0.2) is 65.7 Å². The fourth-order valence-electron chi connectivity index (χ4n) is 2.06. The summed E-state index contributed by atoms with van der Waals surface area (Å²) in [5, 5.41) is 14.2. The highest BCUT2D eigenvalue weighted by Crippen LogP contribution is 2.07. The minimum atomic E-state index is -0.790. The lowest BCUT2D eigenvalue weighted by Gasteiger charge is -2.26. The number of rotatable bonds is 8. The first-order valence-corrected chi connectivity index (χ1v) is 8.29. The Hall–Kier alpha value is -0.950. The van der Waals surface area contributed by atoms with Gasteiger partial charge in [0.25, 0.3) is 0 Å². The number of amides is 2. The van der Waals surface area contributed by atoms with Gasteiger partial charge in [-0.05, 0) is 19.8 Å². The Morgan fingerprint density at radius 3 is 2.70 bits per heavy atom. The average molecular weight is 303 g/mol. The monoisotopic (exact) mass is 303 g/mol. The van der Waals surface area contributed by atoms with E-state index in [9.17, 15) is 9.59 Å². The first-order chi connectivity index (χ1) is 9.58. The molecule has 3 N–H and O–H groups in total. The third kappa shape index (κ3) is 8.27. The first-order valence-electron chi connectivity index (χ1n) is 7.14. The van der Waals surface area contributed by atoms with Crippen molar-refractivity contribution in [3.8, 4) is 0 Å². The molecule has 1 fully saturated rings. The van der Waals surface area contributed by atoms with Crippen molar-refractivity contribution in [1.82, 2.24) is 15.5 Å². The molecule has 0 aromatic heterocycles. The number of hydrogen-bond acceptors (Lipinski definition) is 4. The molecule has 6 nitrogen and oxygen atoms in total. The van der Waals surface area contributed by atoms with Crippen molar-refractivity contribution < 1.29 is 14.7 Å². The lowest BCUT2D eigenvalue weighted by molar-refractivity contribution is -0.137. The number of carboxylic acids is 1. The highest BCUT2D eigenvalue weighted by Gasteiger charge is 2.11. The standard InChI is InChI=1S/C13H25N3O3S/c1-11(3-2-4-12(17)18)15-13(19)14-5-6-16-7-9-20-10-8-16/h11H,2-10H2,1H3,(H,17,18)(H2,14,15,19). The van der Waals surface area contributed by atoms with E-state index in [2.05, 4.69) is 15.5 Å². The summed E-state index contributed by atoms with van der Waals surface area (Å²) in [6.45, 7) is 5.63. The molecular weight excluding hydrogens is 278 g/mol. The highest BCUT2D eigenvalue weighted by atomic mass is 32.2. The van der Waals surface area contributed by atoms with E-state index in [0.717, 1.165) is 19.6 Å². The molecule has 1 heterocycles.